The quantitative estimate of drug-likeness (QED) is 0.197. The minimum Gasteiger partial charge on any atom is -0.336 e. The molecule has 0 bridgehead atoms. The lowest BCUT2D eigenvalue weighted by molar-refractivity contribution is 0.553. The average Bonchev–Trinajstić information content (AvgIpc) is 3.38. The smallest absolute Gasteiger partial charge is 0.333 e. The summed E-state index contributed by atoms with van der Waals surface area (Å²) in [6.45, 7) is 3.81. The molecule has 0 saturated carbocycles. The van der Waals surface area contributed by atoms with Crippen molar-refractivity contribution in [2.24, 2.45) is 0 Å². The zero-order valence-electron chi connectivity index (χ0n) is 23.3. The molecule has 0 fully saturated rings. The van der Waals surface area contributed by atoms with Gasteiger partial charge in [0, 0.05) is 29.2 Å². The Labute approximate surface area is 257 Å². The van der Waals surface area contributed by atoms with Crippen LogP contribution in [0.2, 0.25) is 10.0 Å². The zero-order chi connectivity index (χ0) is 30.9. The lowest BCUT2D eigenvalue weighted by Gasteiger charge is -2.11. The van der Waals surface area contributed by atoms with Crippen molar-refractivity contribution >= 4 is 50.1 Å². The fraction of sp³-hybridized carbons (Fsp3) is 0.233. The maximum atomic E-state index is 14.4. The fourth-order valence-electron chi connectivity index (χ4n) is 4.68. The van der Waals surface area contributed by atoms with E-state index in [-0.39, 0.29) is 39.6 Å². The van der Waals surface area contributed by atoms with E-state index in [9.17, 15) is 22.4 Å². The molecule has 2 heterocycles. The van der Waals surface area contributed by atoms with Gasteiger partial charge in [0.2, 0.25) is 0 Å². The van der Waals surface area contributed by atoms with Gasteiger partial charge in [0.1, 0.15) is 22.1 Å². The molecule has 5 aromatic rings. The molecular weight excluding hydrogens is 616 g/mol. The number of unbranched alkanes of at least 4 members (excludes halogenated alkanes) is 1. The maximum Gasteiger partial charge on any atom is 0.333 e. The van der Waals surface area contributed by atoms with Crippen molar-refractivity contribution < 1.29 is 12.8 Å². The van der Waals surface area contributed by atoms with Gasteiger partial charge in [-0.25, -0.2) is 22.6 Å². The van der Waals surface area contributed by atoms with Gasteiger partial charge in [0.25, 0.3) is 15.6 Å². The number of anilines is 1. The molecule has 0 atom stereocenters. The van der Waals surface area contributed by atoms with Gasteiger partial charge in [-0.05, 0) is 54.8 Å². The molecule has 2 N–H and O–H groups in total. The van der Waals surface area contributed by atoms with Crippen LogP contribution >= 0.6 is 23.2 Å². The lowest BCUT2D eigenvalue weighted by Crippen LogP contribution is -2.40. The number of nitrogens with one attached hydrogen (secondary N) is 2. The van der Waals surface area contributed by atoms with Crippen molar-refractivity contribution in [1.82, 2.24) is 19.1 Å². The Bertz CT molecular complexity index is 2050. The molecule has 0 unspecified atom stereocenters. The number of fused-ring (bicyclic) bond motifs is 1. The molecule has 0 spiro atoms. The first kappa shape index (κ1) is 30.5. The number of imidazole rings is 1. The van der Waals surface area contributed by atoms with Crippen LogP contribution in [0.1, 0.15) is 42.3 Å². The van der Waals surface area contributed by atoms with E-state index in [0.29, 0.717) is 35.1 Å². The van der Waals surface area contributed by atoms with Crippen LogP contribution in [0.3, 0.4) is 0 Å². The first-order chi connectivity index (χ1) is 20.5. The number of nitrogens with zero attached hydrogens (tertiary/aromatic N) is 3. The third-order valence-electron chi connectivity index (χ3n) is 7.01. The van der Waals surface area contributed by atoms with E-state index in [2.05, 4.69) is 14.7 Å². The molecule has 224 valence electrons. The van der Waals surface area contributed by atoms with Crippen molar-refractivity contribution in [2.45, 2.75) is 51.1 Å². The van der Waals surface area contributed by atoms with Crippen LogP contribution in [0.15, 0.2) is 75.1 Å². The second-order valence-electron chi connectivity index (χ2n) is 10.2. The molecule has 2 aromatic heterocycles. The minimum absolute atomic E-state index is 0.00924. The number of aromatic nitrogens is 4. The first-order valence-electron chi connectivity index (χ1n) is 13.5. The van der Waals surface area contributed by atoms with Crippen LogP contribution in [0, 0.1) is 12.7 Å². The maximum absolute atomic E-state index is 14.4. The van der Waals surface area contributed by atoms with E-state index < -0.39 is 27.1 Å². The van der Waals surface area contributed by atoms with E-state index >= 15 is 0 Å². The standard InChI is InChI=1S/C30H28Cl2FN5O4S/c1-3-4-13-37-28-27(29(39)38(30(37)40)17-20-7-5-6-8-24(20)33)34-26(35-28)15-19-9-11-21(12-10-19)36-43(41,42)25-14-18(2)22(31)16-23(25)32/h5-12,14,16,36H,3-4,13,15,17H2,1-2H3,(H,34,35). The molecule has 0 radical (unpaired) electrons. The minimum atomic E-state index is -3.98. The summed E-state index contributed by atoms with van der Waals surface area (Å²) < 4.78 is 45.3. The molecular formula is C30H28Cl2FN5O4S. The van der Waals surface area contributed by atoms with Gasteiger partial charge in [-0.15, -0.1) is 0 Å². The van der Waals surface area contributed by atoms with Crippen molar-refractivity contribution in [3.05, 3.63) is 120 Å². The average molecular weight is 645 g/mol. The number of aryl methyl sites for hydroxylation is 2. The summed E-state index contributed by atoms with van der Waals surface area (Å²) in [5.41, 5.74) is 1.15. The molecule has 9 nitrogen and oxygen atoms in total. The van der Waals surface area contributed by atoms with Crippen molar-refractivity contribution in [3.63, 3.8) is 0 Å². The number of benzene rings is 3. The van der Waals surface area contributed by atoms with E-state index in [1.807, 2.05) is 6.92 Å². The van der Waals surface area contributed by atoms with Crippen LogP contribution in [0.4, 0.5) is 10.1 Å². The van der Waals surface area contributed by atoms with E-state index in [4.69, 9.17) is 23.2 Å². The zero-order valence-corrected chi connectivity index (χ0v) is 25.7. The van der Waals surface area contributed by atoms with E-state index in [0.717, 1.165) is 16.6 Å². The number of hydrogen-bond donors (Lipinski definition) is 2. The highest BCUT2D eigenvalue weighted by Gasteiger charge is 2.21. The Morgan fingerprint density at radius 2 is 1.72 bits per heavy atom. The fourth-order valence-corrected chi connectivity index (χ4v) is 6.57. The molecule has 0 saturated heterocycles. The van der Waals surface area contributed by atoms with Gasteiger partial charge < -0.3 is 4.98 Å². The molecule has 0 amide bonds. The van der Waals surface area contributed by atoms with Gasteiger partial charge in [0.15, 0.2) is 5.65 Å². The van der Waals surface area contributed by atoms with Crippen LogP contribution in [-0.2, 0) is 29.5 Å². The number of halogens is 3. The molecule has 0 aliphatic carbocycles. The largest absolute Gasteiger partial charge is 0.336 e. The summed E-state index contributed by atoms with van der Waals surface area (Å²) in [5, 5.41) is 0.375. The highest BCUT2D eigenvalue weighted by atomic mass is 35.5. The molecule has 13 heteroatoms. The summed E-state index contributed by atoms with van der Waals surface area (Å²) in [4.78, 5) is 34.3. The lowest BCUT2D eigenvalue weighted by atomic mass is 10.1. The first-order valence-corrected chi connectivity index (χ1v) is 15.8. The van der Waals surface area contributed by atoms with Crippen LogP contribution in [0.5, 0.6) is 0 Å². The molecule has 0 aliphatic heterocycles. The van der Waals surface area contributed by atoms with Gasteiger partial charge >= 0.3 is 5.69 Å². The van der Waals surface area contributed by atoms with E-state index in [1.54, 1.807) is 43.3 Å². The molecule has 0 aliphatic rings. The summed E-state index contributed by atoms with van der Waals surface area (Å²) in [6.07, 6.45) is 1.78. The highest BCUT2D eigenvalue weighted by molar-refractivity contribution is 7.92. The van der Waals surface area contributed by atoms with Crippen molar-refractivity contribution in [3.8, 4) is 0 Å². The second-order valence-corrected chi connectivity index (χ2v) is 12.6. The number of aromatic amines is 1. The predicted octanol–water partition coefficient (Wildman–Crippen LogP) is 5.88. The topological polar surface area (TPSA) is 119 Å². The summed E-state index contributed by atoms with van der Waals surface area (Å²) in [6, 6.07) is 15.5. The monoisotopic (exact) mass is 643 g/mol. The van der Waals surface area contributed by atoms with Gasteiger partial charge in [-0.3, -0.25) is 18.7 Å². The third kappa shape index (κ3) is 6.39. The molecule has 43 heavy (non-hydrogen) atoms. The summed E-state index contributed by atoms with van der Waals surface area (Å²) in [7, 11) is -3.98. The Morgan fingerprint density at radius 3 is 2.42 bits per heavy atom. The Hall–Kier alpha value is -3.93. The number of hydrogen-bond acceptors (Lipinski definition) is 5. The van der Waals surface area contributed by atoms with Crippen molar-refractivity contribution in [1.29, 1.82) is 0 Å². The summed E-state index contributed by atoms with van der Waals surface area (Å²) in [5.74, 6) is -0.0615. The Kier molecular flexibility index (Phi) is 8.77. The van der Waals surface area contributed by atoms with Crippen molar-refractivity contribution in [2.75, 3.05) is 4.72 Å². The van der Waals surface area contributed by atoms with Crippen LogP contribution in [0.25, 0.3) is 11.2 Å². The van der Waals surface area contributed by atoms with Gasteiger partial charge in [0.05, 0.1) is 11.6 Å². The van der Waals surface area contributed by atoms with E-state index in [1.165, 1.54) is 28.8 Å². The number of rotatable bonds is 10. The normalized spacial score (nSPS) is 11.7. The number of sulfonamides is 1. The third-order valence-corrected chi connectivity index (χ3v) is 9.27. The van der Waals surface area contributed by atoms with Crippen LogP contribution in [-0.4, -0.2) is 27.5 Å². The van der Waals surface area contributed by atoms with Gasteiger partial charge in [-0.2, -0.15) is 0 Å². The molecule has 5 rings (SSSR count). The second kappa shape index (κ2) is 12.4. The Morgan fingerprint density at radius 1 is 1.00 bits per heavy atom. The summed E-state index contributed by atoms with van der Waals surface area (Å²) >= 11 is 12.2. The van der Waals surface area contributed by atoms with Crippen LogP contribution < -0.4 is 16.0 Å². The van der Waals surface area contributed by atoms with Gasteiger partial charge in [-0.1, -0.05) is 66.9 Å². The highest BCUT2D eigenvalue weighted by Crippen LogP contribution is 2.29. The predicted molar refractivity (Wildman–Crippen MR) is 166 cm³/mol. The molecule has 3 aromatic carbocycles. The SMILES string of the molecule is CCCCn1c(=O)n(Cc2ccccc2F)c(=O)c2[nH]c(Cc3ccc(NS(=O)(=O)c4cc(C)c(Cl)cc4Cl)cc3)nc21. The Balaban J connectivity index is 1.43. The number of H-pyrrole nitrogens is 1.